The highest BCUT2D eigenvalue weighted by Crippen LogP contribution is 2.39. The molecule has 0 spiro atoms. The van der Waals surface area contributed by atoms with Crippen LogP contribution in [0.5, 0.6) is 11.5 Å². The molecule has 0 bridgehead atoms. The first kappa shape index (κ1) is 27.0. The summed E-state index contributed by atoms with van der Waals surface area (Å²) in [6, 6.07) is 17.3. The van der Waals surface area contributed by atoms with Crippen LogP contribution in [0.15, 0.2) is 66.9 Å². The standard InChI is InChI=1S/C29H27ClFN7O2/c1-32-27-23(8-5-9-25(27)40-18-19-6-3-4-7-22(19)31)36-28-21(30)17-34-29(37-28)35-20-10-11-24(26(16-20)39-2)38-14-12-33-13-15-38/h3-11,16-17,33H,12-15,18H2,2H3,(H2,34,35,36,37). The molecule has 4 aromatic rings. The minimum Gasteiger partial charge on any atom is -0.500 e. The molecule has 0 unspecified atom stereocenters. The number of halogens is 2. The molecule has 204 valence electrons. The van der Waals surface area contributed by atoms with Crippen molar-refractivity contribution in [3.63, 3.8) is 0 Å². The number of hydrogen-bond donors (Lipinski definition) is 3. The Balaban J connectivity index is 1.34. The van der Waals surface area contributed by atoms with Crippen molar-refractivity contribution >= 4 is 46.1 Å². The fraction of sp³-hybridized carbons (Fsp3) is 0.207. The molecule has 0 radical (unpaired) electrons. The first-order valence-corrected chi connectivity index (χ1v) is 13.0. The summed E-state index contributed by atoms with van der Waals surface area (Å²) in [5.41, 5.74) is 2.82. The van der Waals surface area contributed by atoms with E-state index in [1.54, 1.807) is 43.5 Å². The number of para-hydroxylation sites is 1. The lowest BCUT2D eigenvalue weighted by Crippen LogP contribution is -2.43. The van der Waals surface area contributed by atoms with E-state index in [2.05, 4.69) is 35.7 Å². The predicted molar refractivity (Wildman–Crippen MR) is 155 cm³/mol. The Morgan fingerprint density at radius 3 is 2.67 bits per heavy atom. The Hall–Kier alpha value is -4.59. The third kappa shape index (κ3) is 6.17. The molecule has 1 aliphatic heterocycles. The van der Waals surface area contributed by atoms with Crippen molar-refractivity contribution in [1.82, 2.24) is 15.3 Å². The summed E-state index contributed by atoms with van der Waals surface area (Å²) in [6.07, 6.45) is 1.47. The van der Waals surface area contributed by atoms with Crippen molar-refractivity contribution in [2.24, 2.45) is 0 Å². The molecule has 2 heterocycles. The molecule has 1 fully saturated rings. The molecule has 1 aromatic heterocycles. The van der Waals surface area contributed by atoms with Crippen LogP contribution < -0.4 is 30.3 Å². The highest BCUT2D eigenvalue weighted by atomic mass is 35.5. The number of anilines is 5. The van der Waals surface area contributed by atoms with Gasteiger partial charge in [-0.25, -0.2) is 14.2 Å². The zero-order chi connectivity index (χ0) is 27.9. The summed E-state index contributed by atoms with van der Waals surface area (Å²) in [4.78, 5) is 14.7. The number of nitrogens with zero attached hydrogens (tertiary/aromatic N) is 4. The quantitative estimate of drug-likeness (QED) is 0.206. The number of hydrogen-bond acceptors (Lipinski definition) is 8. The van der Waals surface area contributed by atoms with E-state index in [9.17, 15) is 4.39 Å². The van der Waals surface area contributed by atoms with E-state index in [0.29, 0.717) is 28.8 Å². The van der Waals surface area contributed by atoms with E-state index in [4.69, 9.17) is 27.6 Å². The maximum absolute atomic E-state index is 14.0. The molecular weight excluding hydrogens is 533 g/mol. The maximum Gasteiger partial charge on any atom is 0.250 e. The lowest BCUT2D eigenvalue weighted by molar-refractivity contribution is 0.302. The van der Waals surface area contributed by atoms with E-state index in [1.165, 1.54) is 12.3 Å². The predicted octanol–water partition coefficient (Wildman–Crippen LogP) is 6.30. The van der Waals surface area contributed by atoms with Crippen molar-refractivity contribution in [1.29, 1.82) is 0 Å². The van der Waals surface area contributed by atoms with Gasteiger partial charge in [-0.15, -0.1) is 0 Å². The highest BCUT2D eigenvalue weighted by molar-refractivity contribution is 6.33. The molecule has 11 heteroatoms. The van der Waals surface area contributed by atoms with Crippen LogP contribution in [0.1, 0.15) is 5.56 Å². The van der Waals surface area contributed by atoms with Crippen LogP contribution in [0.3, 0.4) is 0 Å². The number of ether oxygens (including phenoxy) is 2. The average Bonchev–Trinajstić information content (AvgIpc) is 2.99. The van der Waals surface area contributed by atoms with E-state index in [0.717, 1.165) is 43.3 Å². The van der Waals surface area contributed by atoms with Gasteiger partial charge in [-0.05, 0) is 30.3 Å². The first-order chi connectivity index (χ1) is 19.6. The Kier molecular flexibility index (Phi) is 8.44. The fourth-order valence-corrected chi connectivity index (χ4v) is 4.46. The van der Waals surface area contributed by atoms with Gasteiger partial charge in [-0.1, -0.05) is 35.9 Å². The van der Waals surface area contributed by atoms with Gasteiger partial charge in [0.2, 0.25) is 5.95 Å². The summed E-state index contributed by atoms with van der Waals surface area (Å²) in [5.74, 6) is 1.29. The van der Waals surface area contributed by atoms with Gasteiger partial charge in [0, 0.05) is 49.2 Å². The number of piperazine rings is 1. The van der Waals surface area contributed by atoms with Crippen LogP contribution >= 0.6 is 11.6 Å². The van der Waals surface area contributed by atoms with Gasteiger partial charge >= 0.3 is 0 Å². The molecule has 0 saturated carbocycles. The molecule has 1 saturated heterocycles. The second-order valence-corrected chi connectivity index (χ2v) is 9.32. The maximum atomic E-state index is 14.0. The van der Waals surface area contributed by atoms with Crippen molar-refractivity contribution in [2.45, 2.75) is 6.61 Å². The Morgan fingerprint density at radius 2 is 1.90 bits per heavy atom. The largest absolute Gasteiger partial charge is 0.500 e. The monoisotopic (exact) mass is 559 g/mol. The van der Waals surface area contributed by atoms with Crippen molar-refractivity contribution in [2.75, 3.05) is 48.8 Å². The van der Waals surface area contributed by atoms with Gasteiger partial charge in [-0.3, -0.25) is 0 Å². The molecule has 9 nitrogen and oxygen atoms in total. The number of nitrogens with one attached hydrogen (secondary N) is 3. The second-order valence-electron chi connectivity index (χ2n) is 8.91. The molecule has 1 aliphatic rings. The SMILES string of the molecule is [C-]#[N+]c1c(Nc2nc(Nc3ccc(N4CCNCC4)c(OC)c3)ncc2Cl)cccc1OCc1ccccc1F. The van der Waals surface area contributed by atoms with E-state index >= 15 is 0 Å². The number of aromatic nitrogens is 2. The molecule has 3 aromatic carbocycles. The third-order valence-corrected chi connectivity index (χ3v) is 6.62. The lowest BCUT2D eigenvalue weighted by Gasteiger charge is -2.30. The van der Waals surface area contributed by atoms with Gasteiger partial charge in [0.05, 0.1) is 25.6 Å². The zero-order valence-electron chi connectivity index (χ0n) is 21.7. The molecule has 0 amide bonds. The summed E-state index contributed by atoms with van der Waals surface area (Å²) >= 11 is 6.40. The van der Waals surface area contributed by atoms with Crippen molar-refractivity contribution < 1.29 is 13.9 Å². The molecule has 3 N–H and O–H groups in total. The van der Waals surface area contributed by atoms with Crippen LogP contribution in [0.2, 0.25) is 5.02 Å². The zero-order valence-corrected chi connectivity index (χ0v) is 22.5. The van der Waals surface area contributed by atoms with E-state index in [1.807, 2.05) is 18.2 Å². The first-order valence-electron chi connectivity index (χ1n) is 12.6. The number of benzene rings is 3. The van der Waals surface area contributed by atoms with Gasteiger partial charge in [0.15, 0.2) is 5.82 Å². The smallest absolute Gasteiger partial charge is 0.250 e. The van der Waals surface area contributed by atoms with Gasteiger partial charge < -0.3 is 30.3 Å². The van der Waals surface area contributed by atoms with Gasteiger partial charge in [0.1, 0.15) is 28.9 Å². The normalized spacial score (nSPS) is 12.9. The fourth-order valence-electron chi connectivity index (χ4n) is 4.32. The number of methoxy groups -OCH3 is 1. The average molecular weight is 560 g/mol. The van der Waals surface area contributed by atoms with Crippen molar-refractivity contribution in [3.8, 4) is 11.5 Å². The van der Waals surface area contributed by atoms with Crippen LogP contribution in [-0.2, 0) is 6.61 Å². The Bertz CT molecular complexity index is 1540. The van der Waals surface area contributed by atoms with E-state index in [-0.39, 0.29) is 23.1 Å². The summed E-state index contributed by atoms with van der Waals surface area (Å²) < 4.78 is 25.5. The van der Waals surface area contributed by atoms with Crippen LogP contribution in [0.25, 0.3) is 4.85 Å². The molecule has 5 rings (SSSR count). The molecule has 0 aliphatic carbocycles. The summed E-state index contributed by atoms with van der Waals surface area (Å²) in [6.45, 7) is 11.4. The molecule has 40 heavy (non-hydrogen) atoms. The molecular formula is C29H27ClFN7O2. The van der Waals surface area contributed by atoms with E-state index < -0.39 is 0 Å². The topological polar surface area (TPSA) is 87.9 Å². The molecule has 0 atom stereocenters. The highest BCUT2D eigenvalue weighted by Gasteiger charge is 2.17. The second kappa shape index (κ2) is 12.5. The van der Waals surface area contributed by atoms with Crippen LogP contribution in [0.4, 0.5) is 38.9 Å². The van der Waals surface area contributed by atoms with Crippen LogP contribution in [0, 0.1) is 12.4 Å². The number of rotatable bonds is 9. The van der Waals surface area contributed by atoms with Gasteiger partial charge in [-0.2, -0.15) is 4.98 Å². The lowest BCUT2D eigenvalue weighted by atomic mass is 10.2. The van der Waals surface area contributed by atoms with Crippen LogP contribution in [-0.4, -0.2) is 43.3 Å². The summed E-state index contributed by atoms with van der Waals surface area (Å²) in [5, 5.41) is 9.93. The minimum atomic E-state index is -0.370. The Labute approximate surface area is 236 Å². The Morgan fingerprint density at radius 1 is 1.07 bits per heavy atom. The third-order valence-electron chi connectivity index (χ3n) is 6.34. The van der Waals surface area contributed by atoms with Crippen molar-refractivity contribution in [3.05, 3.63) is 94.7 Å². The summed E-state index contributed by atoms with van der Waals surface area (Å²) in [7, 11) is 1.65. The minimum absolute atomic E-state index is 0.0160. The van der Waals surface area contributed by atoms with Gasteiger partial charge in [0.25, 0.3) is 5.69 Å².